The number of benzene rings is 1. The Balaban J connectivity index is 1.77. The largest absolute Gasteiger partial charge is 0.454 e. The predicted octanol–water partition coefficient (Wildman–Crippen LogP) is 1.67. The molecule has 0 fully saturated rings. The van der Waals surface area contributed by atoms with Crippen molar-refractivity contribution >= 4 is 0 Å². The maximum atomic E-state index is 5.35. The molecule has 2 N–H and O–H groups in total. The van der Waals surface area contributed by atoms with E-state index in [0.29, 0.717) is 6.79 Å². The zero-order chi connectivity index (χ0) is 11.2. The van der Waals surface area contributed by atoms with E-state index >= 15 is 0 Å². The molecule has 2 rings (SSSR count). The minimum absolute atomic E-state index is 0.360. The highest BCUT2D eigenvalue weighted by Crippen LogP contribution is 2.32. The van der Waals surface area contributed by atoms with E-state index in [9.17, 15) is 0 Å². The van der Waals surface area contributed by atoms with Gasteiger partial charge in [0.05, 0.1) is 6.54 Å². The number of nitrogens with two attached hydrogens (primary N) is 1. The lowest BCUT2D eigenvalue weighted by Crippen LogP contribution is -2.82. The molecule has 0 unspecified atom stereocenters. The summed E-state index contributed by atoms with van der Waals surface area (Å²) >= 11 is 0. The van der Waals surface area contributed by atoms with Gasteiger partial charge in [-0.3, -0.25) is 0 Å². The maximum absolute atomic E-state index is 5.35. The lowest BCUT2D eigenvalue weighted by Gasteiger charge is -2.02. The van der Waals surface area contributed by atoms with Crippen molar-refractivity contribution in [1.29, 1.82) is 0 Å². The molecule has 0 atom stereocenters. The summed E-state index contributed by atoms with van der Waals surface area (Å²) < 4.78 is 10.6. The standard InChI is InChI=1S/C13H19NO2/c1-2-3-4-7-14-9-11-5-6-12-13(8-11)16-10-15-12/h5-6,8,14H,2-4,7,9-10H2,1H3/p+1. The van der Waals surface area contributed by atoms with Crippen LogP contribution in [0, 0.1) is 0 Å². The molecule has 16 heavy (non-hydrogen) atoms. The molecule has 0 spiro atoms. The van der Waals surface area contributed by atoms with Gasteiger partial charge in [-0.25, -0.2) is 0 Å². The summed E-state index contributed by atoms with van der Waals surface area (Å²) in [6.07, 6.45) is 3.93. The second kappa shape index (κ2) is 5.75. The molecular weight excluding hydrogens is 202 g/mol. The first-order chi connectivity index (χ1) is 7.90. The van der Waals surface area contributed by atoms with E-state index in [-0.39, 0.29) is 0 Å². The fourth-order valence-corrected chi connectivity index (χ4v) is 1.88. The number of unbranched alkanes of at least 4 members (excludes halogenated alkanes) is 2. The van der Waals surface area contributed by atoms with Crippen molar-refractivity contribution in [3.05, 3.63) is 23.8 Å². The van der Waals surface area contributed by atoms with Crippen LogP contribution >= 0.6 is 0 Å². The van der Waals surface area contributed by atoms with Crippen molar-refractivity contribution in [2.75, 3.05) is 13.3 Å². The average Bonchev–Trinajstić information content (AvgIpc) is 2.76. The third-order valence-corrected chi connectivity index (χ3v) is 2.83. The van der Waals surface area contributed by atoms with E-state index in [4.69, 9.17) is 9.47 Å². The van der Waals surface area contributed by atoms with Crippen molar-refractivity contribution in [3.8, 4) is 11.5 Å². The van der Waals surface area contributed by atoms with E-state index in [1.807, 2.05) is 6.07 Å². The molecule has 1 aliphatic heterocycles. The Kier molecular flexibility index (Phi) is 4.05. The van der Waals surface area contributed by atoms with Gasteiger partial charge in [0, 0.05) is 5.56 Å². The van der Waals surface area contributed by atoms with Crippen LogP contribution in [0.4, 0.5) is 0 Å². The third-order valence-electron chi connectivity index (χ3n) is 2.83. The summed E-state index contributed by atoms with van der Waals surface area (Å²) in [5.41, 5.74) is 1.31. The summed E-state index contributed by atoms with van der Waals surface area (Å²) in [6.45, 7) is 4.83. The summed E-state index contributed by atoms with van der Waals surface area (Å²) in [5.74, 6) is 1.76. The van der Waals surface area contributed by atoms with Crippen LogP contribution in [-0.4, -0.2) is 13.3 Å². The van der Waals surface area contributed by atoms with Gasteiger partial charge in [-0.05, 0) is 31.0 Å². The van der Waals surface area contributed by atoms with Crippen LogP contribution in [0.3, 0.4) is 0 Å². The highest BCUT2D eigenvalue weighted by molar-refractivity contribution is 5.44. The van der Waals surface area contributed by atoms with Crippen LogP contribution in [-0.2, 0) is 6.54 Å². The maximum Gasteiger partial charge on any atom is 0.231 e. The predicted molar refractivity (Wildman–Crippen MR) is 62.6 cm³/mol. The topological polar surface area (TPSA) is 35.1 Å². The van der Waals surface area contributed by atoms with E-state index in [1.165, 1.54) is 31.4 Å². The first kappa shape index (κ1) is 11.3. The number of ether oxygens (including phenoxy) is 2. The van der Waals surface area contributed by atoms with Gasteiger partial charge in [0.1, 0.15) is 6.54 Å². The number of fused-ring (bicyclic) bond motifs is 1. The van der Waals surface area contributed by atoms with Crippen LogP contribution in [0.15, 0.2) is 18.2 Å². The zero-order valence-electron chi connectivity index (χ0n) is 9.87. The van der Waals surface area contributed by atoms with E-state index in [2.05, 4.69) is 24.4 Å². The van der Waals surface area contributed by atoms with Gasteiger partial charge >= 0.3 is 0 Å². The van der Waals surface area contributed by atoms with Crippen LogP contribution in [0.5, 0.6) is 11.5 Å². The van der Waals surface area contributed by atoms with Crippen molar-refractivity contribution in [1.82, 2.24) is 0 Å². The Morgan fingerprint density at radius 3 is 2.94 bits per heavy atom. The van der Waals surface area contributed by atoms with Gasteiger partial charge in [0.15, 0.2) is 11.5 Å². The van der Waals surface area contributed by atoms with Crippen molar-refractivity contribution in [2.24, 2.45) is 0 Å². The molecule has 0 radical (unpaired) electrons. The first-order valence-electron chi connectivity index (χ1n) is 6.10. The summed E-state index contributed by atoms with van der Waals surface area (Å²) in [5, 5.41) is 2.35. The third kappa shape index (κ3) is 2.89. The SMILES string of the molecule is CCCCC[NH2+]Cc1ccc2c(c1)OCO2. The quantitative estimate of drug-likeness (QED) is 0.743. The molecule has 0 saturated carbocycles. The minimum Gasteiger partial charge on any atom is -0.454 e. The molecule has 3 nitrogen and oxygen atoms in total. The van der Waals surface area contributed by atoms with Gasteiger partial charge < -0.3 is 14.8 Å². The highest BCUT2D eigenvalue weighted by Gasteiger charge is 2.13. The molecule has 0 amide bonds. The summed E-state index contributed by atoms with van der Waals surface area (Å²) in [6, 6.07) is 6.19. The molecule has 1 heterocycles. The van der Waals surface area contributed by atoms with E-state index in [1.54, 1.807) is 0 Å². The minimum atomic E-state index is 0.360. The summed E-state index contributed by atoms with van der Waals surface area (Å²) in [4.78, 5) is 0. The highest BCUT2D eigenvalue weighted by atomic mass is 16.7. The number of hydrogen-bond donors (Lipinski definition) is 1. The Morgan fingerprint density at radius 2 is 2.06 bits per heavy atom. The molecule has 3 heteroatoms. The monoisotopic (exact) mass is 222 g/mol. The normalized spacial score (nSPS) is 13.1. The molecule has 1 aromatic carbocycles. The molecule has 0 aromatic heterocycles. The van der Waals surface area contributed by atoms with Crippen LogP contribution in [0.1, 0.15) is 31.7 Å². The molecule has 0 saturated heterocycles. The number of hydrogen-bond acceptors (Lipinski definition) is 2. The van der Waals surface area contributed by atoms with Crippen LogP contribution in [0.25, 0.3) is 0 Å². The van der Waals surface area contributed by atoms with Gasteiger partial charge in [-0.2, -0.15) is 0 Å². The average molecular weight is 222 g/mol. The molecule has 88 valence electrons. The summed E-state index contributed by atoms with van der Waals surface area (Å²) in [7, 11) is 0. The van der Waals surface area contributed by atoms with Gasteiger partial charge in [0.2, 0.25) is 6.79 Å². The second-order valence-corrected chi connectivity index (χ2v) is 4.18. The Morgan fingerprint density at radius 1 is 1.19 bits per heavy atom. The Bertz CT molecular complexity index is 339. The van der Waals surface area contributed by atoms with Crippen molar-refractivity contribution in [2.45, 2.75) is 32.7 Å². The fourth-order valence-electron chi connectivity index (χ4n) is 1.88. The first-order valence-corrected chi connectivity index (χ1v) is 6.10. The van der Waals surface area contributed by atoms with Crippen molar-refractivity contribution in [3.63, 3.8) is 0 Å². The van der Waals surface area contributed by atoms with Gasteiger partial charge in [-0.15, -0.1) is 0 Å². The van der Waals surface area contributed by atoms with Gasteiger partial charge in [-0.1, -0.05) is 13.3 Å². The van der Waals surface area contributed by atoms with Crippen molar-refractivity contribution < 1.29 is 14.8 Å². The number of rotatable bonds is 6. The molecule has 0 aliphatic carbocycles. The lowest BCUT2D eigenvalue weighted by atomic mass is 10.2. The van der Waals surface area contributed by atoms with Crippen LogP contribution in [0.2, 0.25) is 0 Å². The van der Waals surface area contributed by atoms with E-state index < -0.39 is 0 Å². The van der Waals surface area contributed by atoms with E-state index in [0.717, 1.165) is 18.0 Å². The second-order valence-electron chi connectivity index (χ2n) is 4.18. The Labute approximate surface area is 96.8 Å². The lowest BCUT2D eigenvalue weighted by molar-refractivity contribution is -0.671. The molecule has 0 bridgehead atoms. The smallest absolute Gasteiger partial charge is 0.231 e. The number of quaternary nitrogens is 1. The van der Waals surface area contributed by atoms with Gasteiger partial charge in [0.25, 0.3) is 0 Å². The molecule has 1 aromatic rings. The molecular formula is C13H20NO2+. The fraction of sp³-hybridized carbons (Fsp3) is 0.538. The molecule has 1 aliphatic rings. The zero-order valence-corrected chi connectivity index (χ0v) is 9.87. The Hall–Kier alpha value is -1.22. The van der Waals surface area contributed by atoms with Crippen LogP contribution < -0.4 is 14.8 Å².